The van der Waals surface area contributed by atoms with Crippen LogP contribution in [0.4, 0.5) is 18.9 Å². The highest BCUT2D eigenvalue weighted by molar-refractivity contribution is 7.89. The molecule has 0 aromatic heterocycles. The Bertz CT molecular complexity index is 1070. The van der Waals surface area contributed by atoms with Gasteiger partial charge in [0.1, 0.15) is 10.6 Å². The predicted octanol–water partition coefficient (Wildman–Crippen LogP) is 4.75. The number of carbonyl (C=O) groups excluding carboxylic acids is 1. The monoisotopic (exact) mass is 478 g/mol. The van der Waals surface area contributed by atoms with Gasteiger partial charge in [0.2, 0.25) is 15.9 Å². The van der Waals surface area contributed by atoms with E-state index < -0.39 is 39.9 Å². The van der Waals surface area contributed by atoms with Crippen LogP contribution in [0, 0.1) is 0 Å². The molecule has 31 heavy (non-hydrogen) atoms. The number of hydrogen-bond donors (Lipinski definition) is 1. The molecule has 0 aliphatic carbocycles. The number of rotatable bonds is 7. The summed E-state index contributed by atoms with van der Waals surface area (Å²) in [5.74, 6) is -0.814. The summed E-state index contributed by atoms with van der Waals surface area (Å²) >= 11 is 5.62. The van der Waals surface area contributed by atoms with Crippen molar-refractivity contribution >= 4 is 33.2 Å². The number of nitrogens with zero attached hydrogens (tertiary/aromatic N) is 1. The lowest BCUT2D eigenvalue weighted by molar-refractivity contribution is -0.137. The highest BCUT2D eigenvalue weighted by atomic mass is 35.5. The number of sulfonamides is 1. The van der Waals surface area contributed by atoms with Gasteiger partial charge in [-0.3, -0.25) is 4.79 Å². The zero-order valence-corrected chi connectivity index (χ0v) is 18.8. The number of anilines is 1. The van der Waals surface area contributed by atoms with Gasteiger partial charge < -0.3 is 10.1 Å². The number of carbonyl (C=O) groups is 1. The maximum atomic E-state index is 13.2. The van der Waals surface area contributed by atoms with Crippen LogP contribution in [-0.4, -0.2) is 39.3 Å². The molecular weight excluding hydrogens is 457 g/mol. The first-order valence-electron chi connectivity index (χ1n) is 9.08. The van der Waals surface area contributed by atoms with Crippen molar-refractivity contribution in [1.29, 1.82) is 0 Å². The topological polar surface area (TPSA) is 75.7 Å². The van der Waals surface area contributed by atoms with Crippen LogP contribution in [0.2, 0.25) is 5.02 Å². The maximum absolute atomic E-state index is 13.2. The van der Waals surface area contributed by atoms with Crippen molar-refractivity contribution < 1.29 is 31.1 Å². The molecule has 0 spiro atoms. The van der Waals surface area contributed by atoms with Crippen molar-refractivity contribution in [3.05, 3.63) is 52.5 Å². The molecule has 0 atom stereocenters. The Kier molecular flexibility index (Phi) is 7.61. The number of methoxy groups -OCH3 is 1. The third-order valence-electron chi connectivity index (χ3n) is 4.47. The van der Waals surface area contributed by atoms with Crippen molar-refractivity contribution in [2.45, 2.75) is 30.8 Å². The van der Waals surface area contributed by atoms with Crippen molar-refractivity contribution in [1.82, 2.24) is 4.31 Å². The summed E-state index contributed by atoms with van der Waals surface area (Å²) in [4.78, 5) is 12.2. The van der Waals surface area contributed by atoms with Gasteiger partial charge in [-0.1, -0.05) is 31.5 Å². The molecule has 11 heteroatoms. The molecular formula is C20H22ClF3N2O4S. The summed E-state index contributed by atoms with van der Waals surface area (Å²) < 4.78 is 71.5. The van der Waals surface area contributed by atoms with Crippen molar-refractivity contribution in [2.75, 3.05) is 26.0 Å². The third-order valence-corrected chi connectivity index (χ3v) is 6.53. The van der Waals surface area contributed by atoms with E-state index in [9.17, 15) is 26.4 Å². The largest absolute Gasteiger partial charge is 0.495 e. The Morgan fingerprint density at radius 2 is 1.84 bits per heavy atom. The summed E-state index contributed by atoms with van der Waals surface area (Å²) in [5, 5.41) is 1.95. The van der Waals surface area contributed by atoms with E-state index in [1.165, 1.54) is 25.3 Å². The molecule has 0 heterocycles. The van der Waals surface area contributed by atoms with E-state index in [1.54, 1.807) is 6.07 Å². The second kappa shape index (κ2) is 9.46. The molecule has 0 bridgehead atoms. The Hall–Kier alpha value is -2.30. The van der Waals surface area contributed by atoms with Crippen LogP contribution in [0.25, 0.3) is 0 Å². The average molecular weight is 479 g/mol. The van der Waals surface area contributed by atoms with Crippen molar-refractivity contribution in [3.8, 4) is 5.75 Å². The van der Waals surface area contributed by atoms with Gasteiger partial charge in [-0.2, -0.15) is 17.5 Å². The smallest absolute Gasteiger partial charge is 0.418 e. The summed E-state index contributed by atoms with van der Waals surface area (Å²) in [5.41, 5.74) is -0.912. The Labute approximate surface area is 184 Å². The van der Waals surface area contributed by atoms with Crippen LogP contribution >= 0.6 is 11.6 Å². The standard InChI is InChI=1S/C20H22ClF3N2O4S/c1-12(2)13-5-8-17(30-4)18(9-13)31(28,29)26(3)11-19(27)25-16-7-6-14(21)10-15(16)20(22,23)24/h5-10,12H,11H2,1-4H3,(H,25,27). The zero-order chi connectivity index (χ0) is 23.6. The van der Waals surface area contributed by atoms with Crippen LogP contribution in [-0.2, 0) is 21.0 Å². The highest BCUT2D eigenvalue weighted by Gasteiger charge is 2.34. The molecule has 0 aliphatic heterocycles. The van der Waals surface area contributed by atoms with Gasteiger partial charge in [-0.15, -0.1) is 0 Å². The summed E-state index contributed by atoms with van der Waals surface area (Å²) in [7, 11) is -1.70. The molecule has 0 saturated carbocycles. The lowest BCUT2D eigenvalue weighted by atomic mass is 10.0. The van der Waals surface area contributed by atoms with Crippen LogP contribution in [0.1, 0.15) is 30.9 Å². The number of hydrogen-bond acceptors (Lipinski definition) is 4. The van der Waals surface area contributed by atoms with E-state index in [0.717, 1.165) is 23.0 Å². The fraction of sp³-hybridized carbons (Fsp3) is 0.350. The van der Waals surface area contributed by atoms with Gasteiger partial charge in [0.15, 0.2) is 0 Å². The molecule has 1 N–H and O–H groups in total. The normalized spacial score (nSPS) is 12.3. The maximum Gasteiger partial charge on any atom is 0.418 e. The van der Waals surface area contributed by atoms with Gasteiger partial charge in [0.05, 0.1) is 24.9 Å². The van der Waals surface area contributed by atoms with E-state index in [1.807, 2.05) is 13.8 Å². The number of alkyl halides is 3. The minimum absolute atomic E-state index is 0.0409. The Morgan fingerprint density at radius 1 is 1.19 bits per heavy atom. The van der Waals surface area contributed by atoms with Crippen LogP contribution in [0.15, 0.2) is 41.3 Å². The summed E-state index contributed by atoms with van der Waals surface area (Å²) in [6.07, 6.45) is -4.75. The molecule has 6 nitrogen and oxygen atoms in total. The molecule has 2 aromatic carbocycles. The second-order valence-electron chi connectivity index (χ2n) is 7.06. The van der Waals surface area contributed by atoms with Crippen LogP contribution in [0.5, 0.6) is 5.75 Å². The van der Waals surface area contributed by atoms with Gasteiger partial charge in [-0.25, -0.2) is 8.42 Å². The quantitative estimate of drug-likeness (QED) is 0.623. The molecule has 2 aromatic rings. The third kappa shape index (κ3) is 5.90. The average Bonchev–Trinajstić information content (AvgIpc) is 2.67. The molecule has 2 rings (SSSR count). The molecule has 0 radical (unpaired) electrons. The molecule has 0 saturated heterocycles. The number of benzene rings is 2. The first-order chi connectivity index (χ1) is 14.3. The van der Waals surface area contributed by atoms with E-state index in [4.69, 9.17) is 16.3 Å². The van der Waals surface area contributed by atoms with Crippen molar-refractivity contribution in [3.63, 3.8) is 0 Å². The number of nitrogens with one attached hydrogen (secondary N) is 1. The highest BCUT2D eigenvalue weighted by Crippen LogP contribution is 2.36. The molecule has 1 amide bonds. The number of likely N-dealkylation sites (N-methyl/N-ethyl adjacent to an activating group) is 1. The number of ether oxygens (including phenoxy) is 1. The summed E-state index contributed by atoms with van der Waals surface area (Å²) in [6.45, 7) is 3.07. The molecule has 170 valence electrons. The van der Waals surface area contributed by atoms with E-state index in [-0.39, 0.29) is 21.6 Å². The molecule has 0 unspecified atom stereocenters. The van der Waals surface area contributed by atoms with Gasteiger partial charge in [0.25, 0.3) is 0 Å². The minimum Gasteiger partial charge on any atom is -0.495 e. The van der Waals surface area contributed by atoms with Crippen LogP contribution < -0.4 is 10.1 Å². The molecule has 0 fully saturated rings. The first-order valence-corrected chi connectivity index (χ1v) is 10.9. The predicted molar refractivity (Wildman–Crippen MR) is 112 cm³/mol. The SMILES string of the molecule is COc1ccc(C(C)C)cc1S(=O)(=O)N(C)CC(=O)Nc1ccc(Cl)cc1C(F)(F)F. The van der Waals surface area contributed by atoms with Gasteiger partial charge >= 0.3 is 6.18 Å². The van der Waals surface area contributed by atoms with E-state index in [2.05, 4.69) is 5.32 Å². The first kappa shape index (κ1) is 25.0. The Morgan fingerprint density at radius 3 is 2.39 bits per heavy atom. The molecule has 0 aliphatic rings. The van der Waals surface area contributed by atoms with Gasteiger partial charge in [-0.05, 0) is 41.8 Å². The summed E-state index contributed by atoms with van der Waals surface area (Å²) in [6, 6.07) is 7.57. The lowest BCUT2D eigenvalue weighted by Crippen LogP contribution is -2.35. The van der Waals surface area contributed by atoms with E-state index >= 15 is 0 Å². The zero-order valence-electron chi connectivity index (χ0n) is 17.2. The number of halogens is 4. The van der Waals surface area contributed by atoms with Crippen LogP contribution in [0.3, 0.4) is 0 Å². The Balaban J connectivity index is 2.29. The fourth-order valence-corrected chi connectivity index (χ4v) is 4.24. The van der Waals surface area contributed by atoms with Crippen molar-refractivity contribution in [2.24, 2.45) is 0 Å². The van der Waals surface area contributed by atoms with E-state index in [0.29, 0.717) is 6.07 Å². The number of amides is 1. The fourth-order valence-electron chi connectivity index (χ4n) is 2.76. The minimum atomic E-state index is -4.75. The van der Waals surface area contributed by atoms with Gasteiger partial charge in [0, 0.05) is 12.1 Å². The second-order valence-corrected chi connectivity index (χ2v) is 9.51. The lowest BCUT2D eigenvalue weighted by Gasteiger charge is -2.20.